The van der Waals surface area contributed by atoms with Gasteiger partial charge in [0.2, 0.25) is 5.91 Å². The first-order chi connectivity index (χ1) is 9.43. The van der Waals surface area contributed by atoms with Gasteiger partial charge in [0.15, 0.2) is 0 Å². The summed E-state index contributed by atoms with van der Waals surface area (Å²) in [6.07, 6.45) is 0. The number of likely N-dealkylation sites (N-methyl/N-ethyl adjacent to an activating group) is 1. The summed E-state index contributed by atoms with van der Waals surface area (Å²) in [5, 5.41) is 7.25. The number of nitrogens with one attached hydrogen (secondary N) is 3. The van der Waals surface area contributed by atoms with Crippen molar-refractivity contribution in [2.45, 2.75) is 20.8 Å². The summed E-state index contributed by atoms with van der Waals surface area (Å²) in [6.45, 7) is 5.91. The van der Waals surface area contributed by atoms with Gasteiger partial charge in [-0.1, -0.05) is 6.07 Å². The third-order valence-electron chi connectivity index (χ3n) is 2.75. The van der Waals surface area contributed by atoms with E-state index in [1.807, 2.05) is 19.9 Å². The number of carbonyl (C=O) groups excluding carboxylic acids is 3. The zero-order valence-corrected chi connectivity index (χ0v) is 11.9. The molecule has 1 rings (SSSR count). The molecule has 3 N–H and O–H groups in total. The molecule has 0 aliphatic carbocycles. The Kier molecular flexibility index (Phi) is 5.71. The Bertz CT molecular complexity index is 526. The summed E-state index contributed by atoms with van der Waals surface area (Å²) in [7, 11) is 0. The zero-order valence-electron chi connectivity index (χ0n) is 11.9. The molecule has 0 radical (unpaired) electrons. The van der Waals surface area contributed by atoms with Gasteiger partial charge in [-0.2, -0.15) is 0 Å². The monoisotopic (exact) mass is 277 g/mol. The number of anilines is 1. The molecule has 0 unspecified atom stereocenters. The molecule has 6 nitrogen and oxygen atoms in total. The molecule has 0 saturated carbocycles. The lowest BCUT2D eigenvalue weighted by Gasteiger charge is -2.08. The van der Waals surface area contributed by atoms with Gasteiger partial charge in [0, 0.05) is 12.2 Å². The fourth-order valence-corrected chi connectivity index (χ4v) is 1.51. The molecule has 1 aromatic rings. The van der Waals surface area contributed by atoms with E-state index in [1.165, 1.54) is 0 Å². The molecule has 0 spiro atoms. The van der Waals surface area contributed by atoms with E-state index in [9.17, 15) is 14.4 Å². The minimum Gasteiger partial charge on any atom is -0.355 e. The normalized spacial score (nSPS) is 9.75. The van der Waals surface area contributed by atoms with Gasteiger partial charge in [-0.25, -0.2) is 0 Å². The van der Waals surface area contributed by atoms with Crippen LogP contribution in [0.2, 0.25) is 0 Å². The molecule has 0 aromatic heterocycles. The fraction of sp³-hybridized carbons (Fsp3) is 0.357. The SMILES string of the molecule is CCNC(=O)CNC(=O)C(=O)Nc1ccc(C)c(C)c1. The van der Waals surface area contributed by atoms with Crippen LogP contribution in [0.1, 0.15) is 18.1 Å². The molecule has 0 saturated heterocycles. The molecular formula is C14H19N3O3. The number of carbonyl (C=O) groups is 3. The van der Waals surface area contributed by atoms with Gasteiger partial charge in [-0.05, 0) is 44.0 Å². The molecule has 0 bridgehead atoms. The molecule has 1 aromatic carbocycles. The van der Waals surface area contributed by atoms with Gasteiger partial charge in [0.1, 0.15) is 0 Å². The summed E-state index contributed by atoms with van der Waals surface area (Å²) >= 11 is 0. The minimum atomic E-state index is -0.838. The Morgan fingerprint density at radius 2 is 1.70 bits per heavy atom. The van der Waals surface area contributed by atoms with Gasteiger partial charge in [0.05, 0.1) is 6.54 Å². The Hall–Kier alpha value is -2.37. The van der Waals surface area contributed by atoms with Crippen LogP contribution in [0.5, 0.6) is 0 Å². The molecule has 0 heterocycles. The van der Waals surface area contributed by atoms with E-state index in [-0.39, 0.29) is 12.5 Å². The predicted octanol–water partition coefficient (Wildman–Crippen LogP) is 0.494. The quantitative estimate of drug-likeness (QED) is 0.700. The molecule has 6 heteroatoms. The van der Waals surface area contributed by atoms with Gasteiger partial charge in [-0.15, -0.1) is 0 Å². The Morgan fingerprint density at radius 1 is 1.00 bits per heavy atom. The van der Waals surface area contributed by atoms with Crippen molar-refractivity contribution in [3.63, 3.8) is 0 Å². The van der Waals surface area contributed by atoms with Crippen LogP contribution >= 0.6 is 0 Å². The van der Waals surface area contributed by atoms with Crippen LogP contribution in [0.3, 0.4) is 0 Å². The maximum absolute atomic E-state index is 11.6. The van der Waals surface area contributed by atoms with Crippen LogP contribution in [0, 0.1) is 13.8 Å². The Labute approximate surface area is 117 Å². The molecule has 0 atom stereocenters. The first-order valence-electron chi connectivity index (χ1n) is 6.37. The summed E-state index contributed by atoms with van der Waals surface area (Å²) in [5.41, 5.74) is 2.67. The van der Waals surface area contributed by atoms with Crippen molar-refractivity contribution < 1.29 is 14.4 Å². The van der Waals surface area contributed by atoms with Gasteiger partial charge in [0.25, 0.3) is 0 Å². The van der Waals surface area contributed by atoms with Crippen molar-refractivity contribution >= 4 is 23.4 Å². The summed E-state index contributed by atoms with van der Waals surface area (Å²) in [5.74, 6) is -1.97. The molecule has 3 amide bonds. The smallest absolute Gasteiger partial charge is 0.313 e. The second kappa shape index (κ2) is 7.28. The van der Waals surface area contributed by atoms with Crippen LogP contribution in [0.15, 0.2) is 18.2 Å². The Morgan fingerprint density at radius 3 is 2.30 bits per heavy atom. The summed E-state index contributed by atoms with van der Waals surface area (Å²) < 4.78 is 0. The van der Waals surface area contributed by atoms with Gasteiger partial charge < -0.3 is 16.0 Å². The van der Waals surface area contributed by atoms with Gasteiger partial charge >= 0.3 is 11.8 Å². The van der Waals surface area contributed by atoms with E-state index in [0.717, 1.165) is 11.1 Å². The van der Waals surface area contributed by atoms with Crippen LogP contribution in [-0.4, -0.2) is 30.8 Å². The number of benzene rings is 1. The van der Waals surface area contributed by atoms with Gasteiger partial charge in [-0.3, -0.25) is 14.4 Å². The van der Waals surface area contributed by atoms with Crippen molar-refractivity contribution in [3.05, 3.63) is 29.3 Å². The lowest BCUT2D eigenvalue weighted by molar-refractivity contribution is -0.136. The van der Waals surface area contributed by atoms with E-state index in [4.69, 9.17) is 0 Å². The fourth-order valence-electron chi connectivity index (χ4n) is 1.51. The first kappa shape index (κ1) is 15.7. The van der Waals surface area contributed by atoms with Crippen LogP contribution in [0.25, 0.3) is 0 Å². The molecule has 0 fully saturated rings. The predicted molar refractivity (Wildman–Crippen MR) is 76.2 cm³/mol. The summed E-state index contributed by atoms with van der Waals surface area (Å²) in [6, 6.07) is 5.36. The molecule has 108 valence electrons. The van der Waals surface area contributed by atoms with Crippen LogP contribution < -0.4 is 16.0 Å². The van der Waals surface area contributed by atoms with E-state index in [1.54, 1.807) is 19.1 Å². The topological polar surface area (TPSA) is 87.3 Å². The highest BCUT2D eigenvalue weighted by molar-refractivity contribution is 6.39. The number of rotatable bonds is 4. The number of hydrogen-bond acceptors (Lipinski definition) is 3. The van der Waals surface area contributed by atoms with E-state index >= 15 is 0 Å². The Balaban J connectivity index is 2.51. The maximum Gasteiger partial charge on any atom is 0.313 e. The van der Waals surface area contributed by atoms with Crippen molar-refractivity contribution in [3.8, 4) is 0 Å². The summed E-state index contributed by atoms with van der Waals surface area (Å²) in [4.78, 5) is 34.3. The molecular weight excluding hydrogens is 258 g/mol. The second-order valence-electron chi connectivity index (χ2n) is 4.39. The highest BCUT2D eigenvalue weighted by Crippen LogP contribution is 2.13. The first-order valence-corrected chi connectivity index (χ1v) is 6.37. The number of hydrogen-bond donors (Lipinski definition) is 3. The average molecular weight is 277 g/mol. The lowest BCUT2D eigenvalue weighted by atomic mass is 10.1. The average Bonchev–Trinajstić information content (AvgIpc) is 2.40. The third kappa shape index (κ3) is 4.72. The van der Waals surface area contributed by atoms with Crippen molar-refractivity contribution in [1.29, 1.82) is 0 Å². The van der Waals surface area contributed by atoms with Crippen molar-refractivity contribution in [1.82, 2.24) is 10.6 Å². The van der Waals surface area contributed by atoms with E-state index < -0.39 is 11.8 Å². The maximum atomic E-state index is 11.6. The zero-order chi connectivity index (χ0) is 15.1. The third-order valence-corrected chi connectivity index (χ3v) is 2.75. The van der Waals surface area contributed by atoms with E-state index in [2.05, 4.69) is 16.0 Å². The molecule has 20 heavy (non-hydrogen) atoms. The highest BCUT2D eigenvalue weighted by atomic mass is 16.2. The highest BCUT2D eigenvalue weighted by Gasteiger charge is 2.14. The largest absolute Gasteiger partial charge is 0.355 e. The molecule has 0 aliphatic rings. The number of aryl methyl sites for hydroxylation is 2. The number of amides is 3. The van der Waals surface area contributed by atoms with Crippen LogP contribution in [0.4, 0.5) is 5.69 Å². The standard InChI is InChI=1S/C14H19N3O3/c1-4-15-12(18)8-16-13(19)14(20)17-11-6-5-9(2)10(3)7-11/h5-7H,4,8H2,1-3H3,(H,15,18)(H,16,19)(H,17,20). The van der Waals surface area contributed by atoms with Crippen molar-refractivity contribution in [2.75, 3.05) is 18.4 Å². The minimum absolute atomic E-state index is 0.215. The second-order valence-corrected chi connectivity index (χ2v) is 4.39. The van der Waals surface area contributed by atoms with Crippen molar-refractivity contribution in [2.24, 2.45) is 0 Å². The van der Waals surface area contributed by atoms with Crippen LogP contribution in [-0.2, 0) is 14.4 Å². The van der Waals surface area contributed by atoms with E-state index in [0.29, 0.717) is 12.2 Å². The molecule has 0 aliphatic heterocycles. The lowest BCUT2D eigenvalue weighted by Crippen LogP contribution is -2.41.